The van der Waals surface area contributed by atoms with Crippen LogP contribution in [0.4, 0.5) is 5.82 Å². The van der Waals surface area contributed by atoms with Crippen LogP contribution in [0.1, 0.15) is 12.8 Å². The maximum Gasteiger partial charge on any atom is 0.244 e. The van der Waals surface area contributed by atoms with Gasteiger partial charge in [0.15, 0.2) is 0 Å². The third-order valence-corrected chi connectivity index (χ3v) is 6.12. The maximum absolute atomic E-state index is 12.5. The van der Waals surface area contributed by atoms with E-state index in [1.54, 1.807) is 12.1 Å². The molecule has 0 radical (unpaired) electrons. The van der Waals surface area contributed by atoms with Crippen LogP contribution >= 0.6 is 0 Å². The number of ether oxygens (including phenoxy) is 1. The number of sulfonamides is 1. The van der Waals surface area contributed by atoms with Gasteiger partial charge in [0.05, 0.1) is 13.2 Å². The molecule has 24 heavy (non-hydrogen) atoms. The van der Waals surface area contributed by atoms with Crippen LogP contribution in [-0.4, -0.2) is 74.8 Å². The summed E-state index contributed by atoms with van der Waals surface area (Å²) in [6.45, 7) is 3.63. The Morgan fingerprint density at radius 1 is 1.17 bits per heavy atom. The number of hydrogen-bond acceptors (Lipinski definition) is 7. The van der Waals surface area contributed by atoms with Crippen LogP contribution in [0.15, 0.2) is 28.3 Å². The second-order valence-corrected chi connectivity index (χ2v) is 7.93. The fraction of sp³-hybridized carbons (Fsp3) is 0.600. The molecule has 0 spiro atoms. The van der Waals surface area contributed by atoms with Crippen LogP contribution in [0.2, 0.25) is 0 Å². The van der Waals surface area contributed by atoms with Crippen molar-refractivity contribution in [2.45, 2.75) is 17.7 Å². The zero-order valence-electron chi connectivity index (χ0n) is 13.8. The summed E-state index contributed by atoms with van der Waals surface area (Å²) < 4.78 is 31.7. The number of aromatic nitrogens is 1. The SMILES string of the molecule is CN1CCC(=NNc2ccc(S(=O)(=O)N3CCOCC3)cn2)CC1. The minimum Gasteiger partial charge on any atom is -0.379 e. The van der Waals surface area contributed by atoms with Crippen LogP contribution in [0.25, 0.3) is 0 Å². The van der Waals surface area contributed by atoms with Crippen molar-refractivity contribution in [2.75, 3.05) is 51.9 Å². The summed E-state index contributed by atoms with van der Waals surface area (Å²) in [6, 6.07) is 3.21. The van der Waals surface area contributed by atoms with E-state index in [1.807, 2.05) is 0 Å². The first-order chi connectivity index (χ1) is 11.6. The van der Waals surface area contributed by atoms with Gasteiger partial charge in [-0.1, -0.05) is 0 Å². The number of pyridine rings is 1. The number of morpholine rings is 1. The Balaban J connectivity index is 1.63. The van der Waals surface area contributed by atoms with Crippen molar-refractivity contribution in [3.8, 4) is 0 Å². The van der Waals surface area contributed by atoms with E-state index in [0.29, 0.717) is 32.1 Å². The van der Waals surface area contributed by atoms with Crippen molar-refractivity contribution in [3.05, 3.63) is 18.3 Å². The van der Waals surface area contributed by atoms with Crippen molar-refractivity contribution in [1.29, 1.82) is 0 Å². The summed E-state index contributed by atoms with van der Waals surface area (Å²) in [4.78, 5) is 6.64. The minimum absolute atomic E-state index is 0.196. The summed E-state index contributed by atoms with van der Waals surface area (Å²) in [5.74, 6) is 0.544. The lowest BCUT2D eigenvalue weighted by Crippen LogP contribution is -2.40. The van der Waals surface area contributed by atoms with Crippen LogP contribution in [-0.2, 0) is 14.8 Å². The molecular weight excluding hydrogens is 330 g/mol. The highest BCUT2D eigenvalue weighted by molar-refractivity contribution is 7.89. The molecule has 1 N–H and O–H groups in total. The molecule has 3 heterocycles. The second-order valence-electron chi connectivity index (χ2n) is 5.99. The van der Waals surface area contributed by atoms with E-state index in [1.165, 1.54) is 10.5 Å². The Bertz CT molecular complexity index is 674. The van der Waals surface area contributed by atoms with Gasteiger partial charge < -0.3 is 9.64 Å². The minimum atomic E-state index is -3.50. The molecule has 0 atom stereocenters. The summed E-state index contributed by atoms with van der Waals surface area (Å²) >= 11 is 0. The largest absolute Gasteiger partial charge is 0.379 e. The van der Waals surface area contributed by atoms with Crippen molar-refractivity contribution in [2.24, 2.45) is 5.10 Å². The first-order valence-electron chi connectivity index (χ1n) is 8.09. The lowest BCUT2D eigenvalue weighted by molar-refractivity contribution is 0.0730. The monoisotopic (exact) mass is 353 g/mol. The molecule has 0 aliphatic carbocycles. The van der Waals surface area contributed by atoms with Gasteiger partial charge in [-0.3, -0.25) is 5.43 Å². The van der Waals surface area contributed by atoms with Gasteiger partial charge in [0.2, 0.25) is 10.0 Å². The normalized spacial score (nSPS) is 20.8. The lowest BCUT2D eigenvalue weighted by atomic mass is 10.1. The molecule has 8 nitrogen and oxygen atoms in total. The van der Waals surface area contributed by atoms with Crippen molar-refractivity contribution >= 4 is 21.6 Å². The fourth-order valence-electron chi connectivity index (χ4n) is 2.66. The summed E-state index contributed by atoms with van der Waals surface area (Å²) in [7, 11) is -1.40. The predicted octanol–water partition coefficient (Wildman–Crippen LogP) is 0.596. The van der Waals surface area contributed by atoms with Crippen LogP contribution < -0.4 is 5.43 Å². The average molecular weight is 353 g/mol. The quantitative estimate of drug-likeness (QED) is 0.798. The Morgan fingerprint density at radius 2 is 1.88 bits per heavy atom. The first-order valence-corrected chi connectivity index (χ1v) is 9.54. The molecule has 2 aliphatic heterocycles. The Morgan fingerprint density at radius 3 is 2.50 bits per heavy atom. The van der Waals surface area contributed by atoms with Crippen LogP contribution in [0.5, 0.6) is 0 Å². The molecule has 1 aromatic heterocycles. The molecular formula is C15H23N5O3S. The fourth-order valence-corrected chi connectivity index (χ4v) is 4.01. The predicted molar refractivity (Wildman–Crippen MR) is 91.6 cm³/mol. The highest BCUT2D eigenvalue weighted by Crippen LogP contribution is 2.17. The zero-order valence-corrected chi connectivity index (χ0v) is 14.6. The number of anilines is 1. The van der Waals surface area contributed by atoms with E-state index >= 15 is 0 Å². The van der Waals surface area contributed by atoms with Gasteiger partial charge in [-0.15, -0.1) is 0 Å². The van der Waals surface area contributed by atoms with Gasteiger partial charge in [-0.25, -0.2) is 13.4 Å². The van der Waals surface area contributed by atoms with Crippen LogP contribution in [0, 0.1) is 0 Å². The summed E-state index contributed by atoms with van der Waals surface area (Å²) in [5, 5.41) is 4.37. The van der Waals surface area contributed by atoms with Crippen molar-refractivity contribution < 1.29 is 13.2 Å². The second kappa shape index (κ2) is 7.56. The third-order valence-electron chi connectivity index (χ3n) is 4.24. The molecule has 0 aromatic carbocycles. The maximum atomic E-state index is 12.5. The van der Waals surface area contributed by atoms with Gasteiger partial charge in [0.25, 0.3) is 0 Å². The van der Waals surface area contributed by atoms with Gasteiger partial charge in [0.1, 0.15) is 10.7 Å². The van der Waals surface area contributed by atoms with E-state index in [4.69, 9.17) is 4.74 Å². The summed E-state index contributed by atoms with van der Waals surface area (Å²) in [6.07, 6.45) is 3.25. The van der Waals surface area contributed by atoms with E-state index in [-0.39, 0.29) is 4.90 Å². The van der Waals surface area contributed by atoms with E-state index < -0.39 is 10.0 Å². The first kappa shape index (κ1) is 17.3. The number of likely N-dealkylation sites (tertiary alicyclic amines) is 1. The number of nitrogens with one attached hydrogen (secondary N) is 1. The van der Waals surface area contributed by atoms with E-state index in [0.717, 1.165) is 31.6 Å². The number of hydrazone groups is 1. The number of piperidine rings is 1. The molecule has 0 bridgehead atoms. The van der Waals surface area contributed by atoms with Crippen molar-refractivity contribution in [3.63, 3.8) is 0 Å². The standard InChI is InChI=1S/C15H23N5O3S/c1-19-6-4-13(5-7-19)17-18-15-3-2-14(12-16-15)24(21,22)20-8-10-23-11-9-20/h2-3,12H,4-11H2,1H3,(H,16,18). The Labute approximate surface area is 142 Å². The van der Waals surface area contributed by atoms with Gasteiger partial charge >= 0.3 is 0 Å². The molecule has 0 unspecified atom stereocenters. The highest BCUT2D eigenvalue weighted by Gasteiger charge is 2.26. The molecule has 1 aromatic rings. The topological polar surface area (TPSA) is 87.1 Å². The number of nitrogens with zero attached hydrogens (tertiary/aromatic N) is 4. The highest BCUT2D eigenvalue weighted by atomic mass is 32.2. The molecule has 9 heteroatoms. The summed E-state index contributed by atoms with van der Waals surface area (Å²) in [5.41, 5.74) is 4.03. The molecule has 0 amide bonds. The van der Waals surface area contributed by atoms with Gasteiger partial charge in [-0.2, -0.15) is 9.41 Å². The number of rotatable bonds is 4. The molecule has 3 rings (SSSR count). The van der Waals surface area contributed by atoms with Gasteiger partial charge in [0, 0.05) is 50.9 Å². The smallest absolute Gasteiger partial charge is 0.244 e. The third kappa shape index (κ3) is 4.10. The van der Waals surface area contributed by atoms with Gasteiger partial charge in [-0.05, 0) is 19.2 Å². The Kier molecular flexibility index (Phi) is 5.44. The average Bonchev–Trinajstić information content (AvgIpc) is 2.62. The number of hydrogen-bond donors (Lipinski definition) is 1. The molecule has 2 fully saturated rings. The molecule has 2 aliphatic rings. The molecule has 2 saturated heterocycles. The Hall–Kier alpha value is -1.55. The lowest BCUT2D eigenvalue weighted by Gasteiger charge is -2.25. The molecule has 0 saturated carbocycles. The van der Waals surface area contributed by atoms with Crippen LogP contribution in [0.3, 0.4) is 0 Å². The van der Waals surface area contributed by atoms with E-state index in [9.17, 15) is 8.42 Å². The zero-order chi connectivity index (χ0) is 17.0. The van der Waals surface area contributed by atoms with E-state index in [2.05, 4.69) is 27.5 Å². The molecule has 132 valence electrons. The van der Waals surface area contributed by atoms with Crippen molar-refractivity contribution in [1.82, 2.24) is 14.2 Å².